The quantitative estimate of drug-likeness (QED) is 0.632. The molecular weight excluding hydrogens is 340 g/mol. The first kappa shape index (κ1) is 25.0. The zero-order chi connectivity index (χ0) is 17.2. The van der Waals surface area contributed by atoms with E-state index in [2.05, 4.69) is 113 Å². The Labute approximate surface area is 145 Å². The molecule has 7 nitrogen and oxygen atoms in total. The van der Waals surface area contributed by atoms with Gasteiger partial charge >= 0.3 is 132 Å². The van der Waals surface area contributed by atoms with Gasteiger partial charge in [0.15, 0.2) is 0 Å². The van der Waals surface area contributed by atoms with Crippen LogP contribution < -0.4 is 0 Å². The van der Waals surface area contributed by atoms with Crippen LogP contribution in [0.1, 0.15) is 0 Å². The van der Waals surface area contributed by atoms with E-state index < -0.39 is 15.4 Å². The average molecular weight is 378 g/mol. The van der Waals surface area contributed by atoms with Crippen LogP contribution >= 0.6 is 27.8 Å². The van der Waals surface area contributed by atoms with Crippen molar-refractivity contribution < 1.29 is 0 Å². The summed E-state index contributed by atoms with van der Waals surface area (Å²) in [5, 5.41) is 0. The van der Waals surface area contributed by atoms with Gasteiger partial charge in [0.25, 0.3) is 0 Å². The van der Waals surface area contributed by atoms with Gasteiger partial charge < -0.3 is 0 Å². The van der Waals surface area contributed by atoms with Gasteiger partial charge in [-0.2, -0.15) is 0 Å². The molecule has 0 saturated heterocycles. The minimum absolute atomic E-state index is 0. The average Bonchev–Trinajstić information content (AvgIpc) is 2.26. The Kier molecular flexibility index (Phi) is 10.5. The fraction of sp³-hybridized carbons (Fsp3) is 1.00. The minimum atomic E-state index is -2.30. The first-order valence-electron chi connectivity index (χ1n) is 7.06. The van der Waals surface area contributed by atoms with Gasteiger partial charge in [0.1, 0.15) is 0 Å². The largest absolute Gasteiger partial charge is 0.147 e. The van der Waals surface area contributed by atoms with Gasteiger partial charge in [-0.25, -0.2) is 0 Å². The van der Waals surface area contributed by atoms with Crippen LogP contribution in [-0.4, -0.2) is 113 Å². The summed E-state index contributed by atoms with van der Waals surface area (Å²) in [6.45, 7) is 0. The molecule has 10 heteroatoms. The first-order valence-corrected chi connectivity index (χ1v) is 10.4. The topological polar surface area (TPSA) is 31.8 Å². The summed E-state index contributed by atoms with van der Waals surface area (Å²) in [4.78, 5) is 0. The molecule has 0 bridgehead atoms. The predicted octanol–water partition coefficient (Wildman–Crippen LogP) is 2.13. The molecule has 0 heterocycles. The number of hydrogen-bond acceptors (Lipinski definition) is 4. The van der Waals surface area contributed by atoms with Crippen molar-refractivity contribution in [3.8, 4) is 0 Å². The zero-order valence-electron chi connectivity index (χ0n) is 16.5. The third-order valence-corrected chi connectivity index (χ3v) is 12.6. The SMILES string of the molecule is CN(C)P(=N[PH](N(C)C)(N(C)C)N(C)C)(N(C)C)N(C)C.Cl. The van der Waals surface area contributed by atoms with Gasteiger partial charge in [-0.1, -0.05) is 0 Å². The minimum Gasteiger partial charge on any atom is -0.147 e. The van der Waals surface area contributed by atoms with Crippen LogP contribution in [0.4, 0.5) is 0 Å². The molecule has 0 aliphatic rings. The molecule has 0 spiro atoms. The van der Waals surface area contributed by atoms with Crippen LogP contribution in [0.3, 0.4) is 0 Å². The summed E-state index contributed by atoms with van der Waals surface area (Å²) >= 11 is 0. The fourth-order valence-corrected chi connectivity index (χ4v) is 13.3. The number of hydrogen-bond donors (Lipinski definition) is 0. The van der Waals surface area contributed by atoms with Crippen LogP contribution in [0.2, 0.25) is 0 Å². The molecule has 0 atom stereocenters. The molecule has 0 aromatic heterocycles. The first-order chi connectivity index (χ1) is 9.37. The van der Waals surface area contributed by atoms with Crippen molar-refractivity contribution >= 4 is 27.8 Å². The molecule has 0 aliphatic carbocycles. The second-order valence-corrected chi connectivity index (χ2v) is 14.6. The van der Waals surface area contributed by atoms with E-state index in [1.807, 2.05) is 0 Å². The molecule has 0 amide bonds. The van der Waals surface area contributed by atoms with E-state index in [1.54, 1.807) is 0 Å². The molecule has 0 rings (SSSR count). The molecule has 0 aromatic carbocycles. The maximum Gasteiger partial charge on any atom is -0.147 e. The van der Waals surface area contributed by atoms with Crippen LogP contribution in [-0.2, 0) is 0 Å². The van der Waals surface area contributed by atoms with Gasteiger partial charge in [0.2, 0.25) is 0 Å². The molecule has 0 aromatic rings. The van der Waals surface area contributed by atoms with Crippen molar-refractivity contribution in [1.29, 1.82) is 0 Å². The maximum absolute atomic E-state index is 5.54. The van der Waals surface area contributed by atoms with Crippen molar-refractivity contribution in [3.63, 3.8) is 0 Å². The van der Waals surface area contributed by atoms with Crippen molar-refractivity contribution in [2.24, 2.45) is 4.52 Å². The van der Waals surface area contributed by atoms with Gasteiger partial charge in [-0.15, -0.1) is 12.4 Å². The van der Waals surface area contributed by atoms with Crippen LogP contribution in [0, 0.1) is 0 Å². The zero-order valence-corrected chi connectivity index (χ0v) is 19.2. The summed E-state index contributed by atoms with van der Waals surface area (Å²) in [5.41, 5.74) is 0. The molecule has 0 unspecified atom stereocenters. The monoisotopic (exact) mass is 377 g/mol. The molecule has 0 radical (unpaired) electrons. The Morgan fingerprint density at radius 1 is 0.545 bits per heavy atom. The van der Waals surface area contributed by atoms with Gasteiger partial charge in [0, 0.05) is 0 Å². The third kappa shape index (κ3) is 4.41. The van der Waals surface area contributed by atoms with Gasteiger partial charge in [-0.05, 0) is 0 Å². The Hall–Kier alpha value is 0.710. The summed E-state index contributed by atoms with van der Waals surface area (Å²) in [7, 11) is 21.3. The van der Waals surface area contributed by atoms with Crippen molar-refractivity contribution in [3.05, 3.63) is 0 Å². The molecule has 0 saturated carbocycles. The summed E-state index contributed by atoms with van der Waals surface area (Å²) < 4.78 is 19.2. The Bertz CT molecular complexity index is 333. The molecule has 0 fully saturated rings. The number of nitrogens with zero attached hydrogens (tertiary/aromatic N) is 7. The third-order valence-electron chi connectivity index (χ3n) is 3.68. The molecule has 0 aliphatic heterocycles. The summed E-state index contributed by atoms with van der Waals surface area (Å²) in [6, 6.07) is 0. The Morgan fingerprint density at radius 2 is 0.773 bits per heavy atom. The van der Waals surface area contributed by atoms with E-state index in [1.165, 1.54) is 0 Å². The van der Waals surface area contributed by atoms with E-state index in [-0.39, 0.29) is 12.4 Å². The molecule has 138 valence electrons. The molecular formula is C12H38ClN7P2. The normalized spacial score (nSPS) is 14.5. The number of halogens is 1. The summed E-state index contributed by atoms with van der Waals surface area (Å²) in [5.74, 6) is 0. The summed E-state index contributed by atoms with van der Waals surface area (Å²) in [6.07, 6.45) is 0. The Morgan fingerprint density at radius 3 is 0.909 bits per heavy atom. The van der Waals surface area contributed by atoms with Gasteiger partial charge in [-0.3, -0.25) is 0 Å². The van der Waals surface area contributed by atoms with Crippen LogP contribution in [0.25, 0.3) is 0 Å². The molecule has 22 heavy (non-hydrogen) atoms. The van der Waals surface area contributed by atoms with E-state index in [0.29, 0.717) is 0 Å². The predicted molar refractivity (Wildman–Crippen MR) is 107 cm³/mol. The van der Waals surface area contributed by atoms with E-state index in [0.717, 1.165) is 0 Å². The molecule has 0 N–H and O–H groups in total. The number of rotatable bonds is 7. The van der Waals surface area contributed by atoms with Crippen molar-refractivity contribution in [1.82, 2.24) is 28.0 Å². The fourth-order valence-electron chi connectivity index (χ4n) is 2.99. The van der Waals surface area contributed by atoms with E-state index in [9.17, 15) is 0 Å². The van der Waals surface area contributed by atoms with E-state index >= 15 is 0 Å². The standard InChI is InChI=1S/C12H37N7P2.ClH/c1-14(2)20(15(3)4,16(5)6)13-21(17(7)8,18(9)10)19(11)12;/h20H,1-12H3;1H. The van der Waals surface area contributed by atoms with E-state index in [4.69, 9.17) is 4.52 Å². The van der Waals surface area contributed by atoms with Crippen LogP contribution in [0.5, 0.6) is 0 Å². The second kappa shape index (κ2) is 9.26. The van der Waals surface area contributed by atoms with Crippen molar-refractivity contribution in [2.75, 3.05) is 84.6 Å². The maximum atomic E-state index is 5.54. The van der Waals surface area contributed by atoms with Crippen molar-refractivity contribution in [2.45, 2.75) is 0 Å². The van der Waals surface area contributed by atoms with Gasteiger partial charge in [0.05, 0.1) is 0 Å². The smallest absolute Gasteiger partial charge is 0.147 e. The van der Waals surface area contributed by atoms with Crippen LogP contribution in [0.15, 0.2) is 4.52 Å². The Balaban J connectivity index is 0. The second-order valence-electron chi connectivity index (χ2n) is 6.46.